The molecule has 7 nitrogen and oxygen atoms in total. The average Bonchev–Trinajstić information content (AvgIpc) is 3.39. The van der Waals surface area contributed by atoms with Crippen LogP contribution in [0.4, 0.5) is 5.13 Å². The van der Waals surface area contributed by atoms with Crippen LogP contribution in [0.5, 0.6) is 0 Å². The van der Waals surface area contributed by atoms with E-state index in [2.05, 4.69) is 34.6 Å². The second-order valence-electron chi connectivity index (χ2n) is 6.53. The minimum absolute atomic E-state index is 0.349. The average molecular weight is 428 g/mol. The Labute approximate surface area is 175 Å². The Morgan fingerprint density at radius 1 is 1.10 bits per heavy atom. The molecule has 0 unspecified atom stereocenters. The lowest BCUT2D eigenvalue weighted by Gasteiger charge is -2.16. The molecule has 2 amide bonds. The number of benzene rings is 1. The Kier molecular flexibility index (Phi) is 5.25. The predicted molar refractivity (Wildman–Crippen MR) is 119 cm³/mol. The second-order valence-corrected chi connectivity index (χ2v) is 8.57. The minimum Gasteiger partial charge on any atom is -0.350 e. The number of aryl methyl sites for hydroxylation is 1. The van der Waals surface area contributed by atoms with E-state index in [1.165, 1.54) is 11.3 Å². The lowest BCUT2D eigenvalue weighted by atomic mass is 10.2. The van der Waals surface area contributed by atoms with Crippen molar-refractivity contribution < 1.29 is 9.59 Å². The van der Waals surface area contributed by atoms with Gasteiger partial charge in [0.25, 0.3) is 11.8 Å². The number of anilines is 1. The first-order chi connectivity index (χ1) is 14.0. The van der Waals surface area contributed by atoms with E-state index in [9.17, 15) is 9.59 Å². The summed E-state index contributed by atoms with van der Waals surface area (Å²) in [6.07, 6.45) is 1.76. The summed E-state index contributed by atoms with van der Waals surface area (Å²) in [5.41, 5.74) is 6.50. The van der Waals surface area contributed by atoms with Gasteiger partial charge in [0.1, 0.15) is 4.83 Å². The molecule has 0 aliphatic rings. The molecule has 150 valence electrons. The first-order valence-electron chi connectivity index (χ1n) is 9.31. The maximum atomic E-state index is 12.6. The molecule has 0 fully saturated rings. The van der Waals surface area contributed by atoms with Gasteiger partial charge in [0.15, 0.2) is 5.13 Å². The van der Waals surface area contributed by atoms with E-state index in [0.29, 0.717) is 10.4 Å². The summed E-state index contributed by atoms with van der Waals surface area (Å²) in [5, 5.41) is 1.80. The fourth-order valence-corrected chi connectivity index (χ4v) is 5.46. The third-order valence-corrected chi connectivity index (χ3v) is 6.99. The van der Waals surface area contributed by atoms with Crippen molar-refractivity contribution in [2.24, 2.45) is 7.05 Å². The number of carbonyl (C=O) groups excluding carboxylic acids is 2. The number of nitrogens with zero attached hydrogens (tertiary/aromatic N) is 3. The second kappa shape index (κ2) is 7.84. The van der Waals surface area contributed by atoms with Gasteiger partial charge in [-0.05, 0) is 26.0 Å². The molecule has 1 aromatic carbocycles. The number of hydrogen-bond donors (Lipinski definition) is 2. The van der Waals surface area contributed by atoms with E-state index < -0.39 is 0 Å². The normalized spacial score (nSPS) is 11.1. The van der Waals surface area contributed by atoms with Crippen molar-refractivity contribution in [2.45, 2.75) is 13.8 Å². The van der Waals surface area contributed by atoms with Gasteiger partial charge in [-0.2, -0.15) is 0 Å². The van der Waals surface area contributed by atoms with Gasteiger partial charge in [-0.25, -0.2) is 4.98 Å². The number of amides is 2. The summed E-state index contributed by atoms with van der Waals surface area (Å²) in [6.45, 7) is 5.97. The summed E-state index contributed by atoms with van der Waals surface area (Å²) in [5.74, 6) is -0.700. The summed E-state index contributed by atoms with van der Waals surface area (Å²) in [6, 6.07) is 9.47. The fourth-order valence-electron chi connectivity index (χ4n) is 3.23. The van der Waals surface area contributed by atoms with Crippen LogP contribution in [0.2, 0.25) is 0 Å². The van der Waals surface area contributed by atoms with E-state index in [1.54, 1.807) is 17.5 Å². The zero-order valence-electron chi connectivity index (χ0n) is 16.4. The number of nitrogens with one attached hydrogen (secondary N) is 2. The van der Waals surface area contributed by atoms with Gasteiger partial charge in [0.2, 0.25) is 0 Å². The molecule has 0 aliphatic carbocycles. The summed E-state index contributed by atoms with van der Waals surface area (Å²) in [4.78, 5) is 33.2. The number of para-hydroxylation sites is 1. The van der Waals surface area contributed by atoms with Gasteiger partial charge in [-0.1, -0.05) is 29.5 Å². The molecule has 3 aromatic heterocycles. The van der Waals surface area contributed by atoms with Gasteiger partial charge in [-0.3, -0.25) is 20.4 Å². The van der Waals surface area contributed by atoms with Gasteiger partial charge >= 0.3 is 0 Å². The molecule has 0 bridgehead atoms. The molecule has 0 spiro atoms. The summed E-state index contributed by atoms with van der Waals surface area (Å²) in [7, 11) is 1.88. The SMILES string of the molecule is CCN(CC)c1nc2sc(C(=O)NNC(=O)c3cn(C)c4ccccc34)cc2s1. The number of aromatic nitrogens is 2. The van der Waals surface area contributed by atoms with Crippen molar-refractivity contribution >= 4 is 60.1 Å². The number of thiazole rings is 1. The van der Waals surface area contributed by atoms with Crippen LogP contribution in [-0.4, -0.2) is 34.5 Å². The fraction of sp³-hybridized carbons (Fsp3) is 0.250. The van der Waals surface area contributed by atoms with Gasteiger partial charge < -0.3 is 9.47 Å². The van der Waals surface area contributed by atoms with Crippen molar-refractivity contribution in [1.82, 2.24) is 20.4 Å². The zero-order valence-corrected chi connectivity index (χ0v) is 18.0. The number of rotatable bonds is 5. The van der Waals surface area contributed by atoms with E-state index >= 15 is 0 Å². The van der Waals surface area contributed by atoms with Crippen molar-refractivity contribution in [3.63, 3.8) is 0 Å². The van der Waals surface area contributed by atoms with E-state index in [-0.39, 0.29) is 11.8 Å². The standard InChI is InChI=1S/C20H21N5O2S2/c1-4-25(5-2)20-21-19-16(29-20)10-15(28-19)18(27)23-22-17(26)13-11-24(3)14-9-7-6-8-12(13)14/h6-11H,4-5H2,1-3H3,(H,22,26)(H,23,27). The Morgan fingerprint density at radius 3 is 2.55 bits per heavy atom. The molecule has 0 radical (unpaired) electrons. The highest BCUT2D eigenvalue weighted by Gasteiger charge is 2.18. The van der Waals surface area contributed by atoms with E-state index in [4.69, 9.17) is 0 Å². The van der Waals surface area contributed by atoms with E-state index in [0.717, 1.165) is 38.7 Å². The smallest absolute Gasteiger partial charge is 0.279 e. The highest BCUT2D eigenvalue weighted by molar-refractivity contribution is 7.29. The van der Waals surface area contributed by atoms with Crippen LogP contribution in [0, 0.1) is 0 Å². The van der Waals surface area contributed by atoms with Crippen molar-refractivity contribution in [3.05, 3.63) is 47.0 Å². The molecule has 0 saturated carbocycles. The Bertz CT molecular complexity index is 1170. The molecule has 4 rings (SSSR count). The molecule has 3 heterocycles. The summed E-state index contributed by atoms with van der Waals surface area (Å²) < 4.78 is 2.86. The minimum atomic E-state index is -0.351. The van der Waals surface area contributed by atoms with Crippen LogP contribution >= 0.6 is 22.7 Å². The number of hydrazine groups is 1. The number of carbonyl (C=O) groups is 2. The Morgan fingerprint density at radius 2 is 1.83 bits per heavy atom. The van der Waals surface area contributed by atoms with Crippen LogP contribution in [0.15, 0.2) is 36.5 Å². The third-order valence-electron chi connectivity index (χ3n) is 4.77. The van der Waals surface area contributed by atoms with E-state index in [1.807, 2.05) is 41.9 Å². The molecule has 0 saturated heterocycles. The molecule has 9 heteroatoms. The molecule has 29 heavy (non-hydrogen) atoms. The van der Waals surface area contributed by atoms with Gasteiger partial charge in [0, 0.05) is 37.2 Å². The molecule has 2 N–H and O–H groups in total. The number of thiophene rings is 1. The summed E-state index contributed by atoms with van der Waals surface area (Å²) >= 11 is 2.90. The molecular formula is C20H21N5O2S2. The highest BCUT2D eigenvalue weighted by atomic mass is 32.1. The number of hydrogen-bond acceptors (Lipinski definition) is 6. The molecule has 0 atom stereocenters. The van der Waals surface area contributed by atoms with Crippen LogP contribution in [0.1, 0.15) is 33.9 Å². The lowest BCUT2D eigenvalue weighted by Crippen LogP contribution is -2.41. The Hall–Kier alpha value is -2.91. The predicted octanol–water partition coefficient (Wildman–Crippen LogP) is 3.77. The molecular weight excluding hydrogens is 406 g/mol. The van der Waals surface area contributed by atoms with Crippen molar-refractivity contribution in [1.29, 1.82) is 0 Å². The topological polar surface area (TPSA) is 79.3 Å². The maximum absolute atomic E-state index is 12.6. The van der Waals surface area contributed by atoms with Crippen LogP contribution in [0.25, 0.3) is 20.4 Å². The van der Waals surface area contributed by atoms with Crippen LogP contribution < -0.4 is 15.8 Å². The number of fused-ring (bicyclic) bond motifs is 2. The quantitative estimate of drug-likeness (QED) is 0.475. The zero-order chi connectivity index (χ0) is 20.5. The monoisotopic (exact) mass is 427 g/mol. The Balaban J connectivity index is 1.46. The lowest BCUT2D eigenvalue weighted by molar-refractivity contribution is 0.0850. The third kappa shape index (κ3) is 3.58. The maximum Gasteiger partial charge on any atom is 0.279 e. The van der Waals surface area contributed by atoms with Gasteiger partial charge in [0.05, 0.1) is 15.1 Å². The molecule has 0 aliphatic heterocycles. The van der Waals surface area contributed by atoms with Gasteiger partial charge in [-0.15, -0.1) is 11.3 Å². The van der Waals surface area contributed by atoms with Crippen molar-refractivity contribution in [3.8, 4) is 0 Å². The largest absolute Gasteiger partial charge is 0.350 e. The first kappa shape index (κ1) is 19.4. The van der Waals surface area contributed by atoms with Crippen molar-refractivity contribution in [2.75, 3.05) is 18.0 Å². The highest BCUT2D eigenvalue weighted by Crippen LogP contribution is 2.34. The first-order valence-corrected chi connectivity index (χ1v) is 10.9. The van der Waals surface area contributed by atoms with Crippen LogP contribution in [-0.2, 0) is 7.05 Å². The molecule has 4 aromatic rings. The van der Waals surface area contributed by atoms with Crippen LogP contribution in [0.3, 0.4) is 0 Å².